The van der Waals surface area contributed by atoms with Gasteiger partial charge in [-0.15, -0.1) is 0 Å². The van der Waals surface area contributed by atoms with Gasteiger partial charge in [0.1, 0.15) is 0 Å². The van der Waals surface area contributed by atoms with Crippen molar-refractivity contribution >= 4 is 11.6 Å². The van der Waals surface area contributed by atoms with Crippen molar-refractivity contribution < 1.29 is 4.79 Å². The van der Waals surface area contributed by atoms with Crippen LogP contribution in [0.5, 0.6) is 0 Å². The van der Waals surface area contributed by atoms with E-state index >= 15 is 0 Å². The largest absolute Gasteiger partial charge is 0.324 e. The summed E-state index contributed by atoms with van der Waals surface area (Å²) in [5, 5.41) is 0. The molecule has 0 radical (unpaired) electrons. The molecule has 0 saturated carbocycles. The molecule has 0 aromatic heterocycles. The van der Waals surface area contributed by atoms with Crippen molar-refractivity contribution in [1.82, 2.24) is 0 Å². The van der Waals surface area contributed by atoms with Crippen LogP contribution in [0.25, 0.3) is 0 Å². The van der Waals surface area contributed by atoms with Crippen molar-refractivity contribution in [3.05, 3.63) is 29.8 Å². The van der Waals surface area contributed by atoms with Crippen molar-refractivity contribution in [3.63, 3.8) is 0 Å². The summed E-state index contributed by atoms with van der Waals surface area (Å²) in [6.45, 7) is 5.92. The topological polar surface area (TPSA) is 46.3 Å². The van der Waals surface area contributed by atoms with Crippen molar-refractivity contribution in [1.29, 1.82) is 0 Å². The number of fused-ring (bicyclic) bond motifs is 1. The maximum absolute atomic E-state index is 12.0. The van der Waals surface area contributed by atoms with E-state index in [0.29, 0.717) is 5.92 Å². The molecule has 3 nitrogen and oxygen atoms in total. The molecule has 3 atom stereocenters. The summed E-state index contributed by atoms with van der Waals surface area (Å²) >= 11 is 0. The fourth-order valence-corrected chi connectivity index (χ4v) is 3.24. The van der Waals surface area contributed by atoms with E-state index in [1.807, 2.05) is 29.2 Å². The highest BCUT2D eigenvalue weighted by molar-refractivity contribution is 5.93. The van der Waals surface area contributed by atoms with Gasteiger partial charge in [-0.3, -0.25) is 4.79 Å². The molecule has 2 unspecified atom stereocenters. The Morgan fingerprint density at radius 2 is 1.94 bits per heavy atom. The lowest BCUT2D eigenvalue weighted by Gasteiger charge is -2.44. The second kappa shape index (κ2) is 5.11. The third-order valence-electron chi connectivity index (χ3n) is 4.07. The van der Waals surface area contributed by atoms with E-state index in [2.05, 4.69) is 13.8 Å². The first-order chi connectivity index (χ1) is 8.61. The average Bonchev–Trinajstić information content (AvgIpc) is 2.38. The normalized spacial score (nSPS) is 26.9. The Morgan fingerprint density at radius 3 is 2.50 bits per heavy atom. The third kappa shape index (κ3) is 1.93. The molecule has 3 heteroatoms. The Labute approximate surface area is 109 Å². The maximum Gasteiger partial charge on any atom is 0.224 e. The SMILES string of the molecule is CCC1C(CC)N(C(C)=O)c2ccccc2[C@@H]1N. The lowest BCUT2D eigenvalue weighted by atomic mass is 9.79. The predicted molar refractivity (Wildman–Crippen MR) is 74.4 cm³/mol. The Bertz CT molecular complexity index is 444. The molecule has 1 amide bonds. The molecule has 1 aliphatic heterocycles. The van der Waals surface area contributed by atoms with Gasteiger partial charge in [-0.05, 0) is 30.4 Å². The number of nitrogens with two attached hydrogens (primary N) is 1. The van der Waals surface area contributed by atoms with E-state index in [-0.39, 0.29) is 18.0 Å². The van der Waals surface area contributed by atoms with Gasteiger partial charge in [-0.25, -0.2) is 0 Å². The number of hydrogen-bond donors (Lipinski definition) is 1. The number of benzene rings is 1. The van der Waals surface area contributed by atoms with Gasteiger partial charge in [0.25, 0.3) is 0 Å². The predicted octanol–water partition coefficient (Wildman–Crippen LogP) is 2.86. The zero-order chi connectivity index (χ0) is 13.3. The lowest BCUT2D eigenvalue weighted by Crippen LogP contribution is -2.50. The number of nitrogens with zero attached hydrogens (tertiary/aromatic N) is 1. The van der Waals surface area contributed by atoms with Gasteiger partial charge < -0.3 is 10.6 Å². The fraction of sp³-hybridized carbons (Fsp3) is 0.533. The number of amides is 1. The molecular weight excluding hydrogens is 224 g/mol. The second-order valence-electron chi connectivity index (χ2n) is 5.02. The number of rotatable bonds is 2. The van der Waals surface area contributed by atoms with Gasteiger partial charge in [-0.2, -0.15) is 0 Å². The molecule has 0 aliphatic carbocycles. The molecule has 1 heterocycles. The van der Waals surface area contributed by atoms with Gasteiger partial charge in [0.2, 0.25) is 5.91 Å². The van der Waals surface area contributed by atoms with E-state index in [4.69, 9.17) is 5.73 Å². The number of anilines is 1. The summed E-state index contributed by atoms with van der Waals surface area (Å²) in [6, 6.07) is 8.27. The molecule has 18 heavy (non-hydrogen) atoms. The van der Waals surface area contributed by atoms with Gasteiger partial charge in [0.15, 0.2) is 0 Å². The highest BCUT2D eigenvalue weighted by Crippen LogP contribution is 2.41. The van der Waals surface area contributed by atoms with Crippen molar-refractivity contribution in [2.75, 3.05) is 4.90 Å². The van der Waals surface area contributed by atoms with E-state index in [0.717, 1.165) is 24.1 Å². The van der Waals surface area contributed by atoms with Crippen LogP contribution in [-0.4, -0.2) is 11.9 Å². The molecular formula is C15H22N2O. The molecule has 0 fully saturated rings. The molecule has 2 rings (SSSR count). The Morgan fingerprint density at radius 1 is 1.28 bits per heavy atom. The van der Waals surface area contributed by atoms with Crippen molar-refractivity contribution in [2.45, 2.75) is 45.7 Å². The smallest absolute Gasteiger partial charge is 0.224 e. The molecule has 1 aromatic rings. The van der Waals surface area contributed by atoms with Gasteiger partial charge in [0.05, 0.1) is 0 Å². The van der Waals surface area contributed by atoms with Crippen LogP contribution in [0.3, 0.4) is 0 Å². The quantitative estimate of drug-likeness (QED) is 0.872. The van der Waals surface area contributed by atoms with Crippen LogP contribution >= 0.6 is 0 Å². The number of carbonyl (C=O) groups is 1. The molecule has 1 aliphatic rings. The number of para-hydroxylation sites is 1. The lowest BCUT2D eigenvalue weighted by molar-refractivity contribution is -0.117. The first kappa shape index (κ1) is 13.1. The van der Waals surface area contributed by atoms with Crippen LogP contribution in [0.1, 0.15) is 45.2 Å². The average molecular weight is 246 g/mol. The maximum atomic E-state index is 12.0. The summed E-state index contributed by atoms with van der Waals surface area (Å²) in [4.78, 5) is 13.9. The summed E-state index contributed by atoms with van der Waals surface area (Å²) in [5.74, 6) is 0.452. The monoisotopic (exact) mass is 246 g/mol. The molecule has 1 aromatic carbocycles. The molecule has 0 saturated heterocycles. The Balaban J connectivity index is 2.56. The zero-order valence-corrected chi connectivity index (χ0v) is 11.4. The second-order valence-corrected chi connectivity index (χ2v) is 5.02. The summed E-state index contributed by atoms with van der Waals surface area (Å²) in [6.07, 6.45) is 1.94. The fourth-order valence-electron chi connectivity index (χ4n) is 3.24. The summed E-state index contributed by atoms with van der Waals surface area (Å²) < 4.78 is 0. The number of carbonyl (C=O) groups excluding carboxylic acids is 1. The van der Waals surface area contributed by atoms with Gasteiger partial charge >= 0.3 is 0 Å². The molecule has 98 valence electrons. The van der Waals surface area contributed by atoms with Gasteiger partial charge in [-0.1, -0.05) is 32.0 Å². The van der Waals surface area contributed by atoms with Crippen molar-refractivity contribution in [2.24, 2.45) is 11.7 Å². The first-order valence-electron chi connectivity index (χ1n) is 6.76. The van der Waals surface area contributed by atoms with Crippen LogP contribution in [0.4, 0.5) is 5.69 Å². The number of hydrogen-bond acceptors (Lipinski definition) is 2. The summed E-state index contributed by atoms with van der Waals surface area (Å²) in [5.41, 5.74) is 8.49. The first-order valence-corrected chi connectivity index (χ1v) is 6.76. The van der Waals surface area contributed by atoms with Crippen LogP contribution in [0.2, 0.25) is 0 Å². The third-order valence-corrected chi connectivity index (χ3v) is 4.07. The minimum Gasteiger partial charge on any atom is -0.324 e. The molecule has 0 spiro atoms. The van der Waals surface area contributed by atoms with Crippen molar-refractivity contribution in [3.8, 4) is 0 Å². The minimum absolute atomic E-state index is 0.0340. The van der Waals surface area contributed by atoms with Crippen LogP contribution in [0.15, 0.2) is 24.3 Å². The van der Waals surface area contributed by atoms with E-state index in [1.54, 1.807) is 6.92 Å². The Hall–Kier alpha value is -1.35. The molecule has 0 bridgehead atoms. The standard InChI is InChI=1S/C15H22N2O/c1-4-11-13(5-2)17(10(3)18)14-9-7-6-8-12(14)15(11)16/h6-9,11,13,15H,4-5,16H2,1-3H3/t11?,13?,15-/m1/s1. The van der Waals surface area contributed by atoms with Crippen LogP contribution < -0.4 is 10.6 Å². The zero-order valence-electron chi connectivity index (χ0n) is 11.4. The van der Waals surface area contributed by atoms with E-state index in [9.17, 15) is 4.79 Å². The van der Waals surface area contributed by atoms with Crippen LogP contribution in [0, 0.1) is 5.92 Å². The van der Waals surface area contributed by atoms with Crippen LogP contribution in [-0.2, 0) is 4.79 Å². The highest BCUT2D eigenvalue weighted by Gasteiger charge is 2.38. The molecule has 2 N–H and O–H groups in total. The van der Waals surface area contributed by atoms with Gasteiger partial charge in [0, 0.05) is 24.7 Å². The Kier molecular flexibility index (Phi) is 3.71. The highest BCUT2D eigenvalue weighted by atomic mass is 16.2. The summed E-state index contributed by atoms with van der Waals surface area (Å²) in [7, 11) is 0. The van der Waals surface area contributed by atoms with E-state index < -0.39 is 0 Å². The minimum atomic E-state index is 0.0340. The van der Waals surface area contributed by atoms with E-state index in [1.165, 1.54) is 0 Å².